The largest absolute Gasteiger partial charge is 0.417 e. The Morgan fingerprint density at radius 1 is 1.00 bits per heavy atom. The molecule has 34 heavy (non-hydrogen) atoms. The number of nitrogens with one attached hydrogen (secondary N) is 1. The number of nitrogens with zero attached hydrogens (tertiary/aromatic N) is 1. The lowest BCUT2D eigenvalue weighted by Crippen LogP contribution is -2.48. The number of halogens is 3. The van der Waals surface area contributed by atoms with Crippen LogP contribution in [0.4, 0.5) is 13.2 Å². The van der Waals surface area contributed by atoms with Crippen molar-refractivity contribution in [2.45, 2.75) is 68.9 Å². The summed E-state index contributed by atoms with van der Waals surface area (Å²) in [7, 11) is -4.29. The minimum atomic E-state index is -4.75. The van der Waals surface area contributed by atoms with Gasteiger partial charge in [0.15, 0.2) is 0 Å². The summed E-state index contributed by atoms with van der Waals surface area (Å²) >= 11 is 0. The normalized spacial score (nSPS) is 32.1. The first-order valence-corrected chi connectivity index (χ1v) is 13.9. The molecule has 5 nitrogen and oxygen atoms in total. The van der Waals surface area contributed by atoms with Gasteiger partial charge in [0.05, 0.1) is 10.5 Å². The van der Waals surface area contributed by atoms with Gasteiger partial charge in [-0.05, 0) is 93.1 Å². The second-order valence-electron chi connectivity index (χ2n) is 11.1. The van der Waals surface area contributed by atoms with Gasteiger partial charge in [0, 0.05) is 25.6 Å². The van der Waals surface area contributed by atoms with Crippen molar-refractivity contribution in [3.8, 4) is 0 Å². The van der Waals surface area contributed by atoms with Crippen molar-refractivity contribution in [3.05, 3.63) is 29.8 Å². The fourth-order valence-electron chi connectivity index (χ4n) is 7.61. The second-order valence-corrected chi connectivity index (χ2v) is 13.0. The molecular formula is C25H33F3N2O3S. The van der Waals surface area contributed by atoms with E-state index in [0.29, 0.717) is 24.8 Å². The van der Waals surface area contributed by atoms with Crippen LogP contribution in [0, 0.1) is 29.1 Å². The molecule has 6 rings (SSSR count). The van der Waals surface area contributed by atoms with Gasteiger partial charge in [0.2, 0.25) is 15.9 Å². The Bertz CT molecular complexity index is 997. The van der Waals surface area contributed by atoms with Crippen LogP contribution in [0.3, 0.4) is 0 Å². The Morgan fingerprint density at radius 2 is 1.56 bits per heavy atom. The van der Waals surface area contributed by atoms with Crippen molar-refractivity contribution in [2.75, 3.05) is 19.6 Å². The molecule has 1 heterocycles. The summed E-state index contributed by atoms with van der Waals surface area (Å²) in [6.45, 7) is 0.742. The number of carbonyl (C=O) groups excluding carboxylic acids is 1. The van der Waals surface area contributed by atoms with E-state index >= 15 is 0 Å². The maximum atomic E-state index is 13.3. The van der Waals surface area contributed by atoms with E-state index in [0.717, 1.165) is 40.6 Å². The van der Waals surface area contributed by atoms with Crippen molar-refractivity contribution in [3.63, 3.8) is 0 Å². The number of piperidine rings is 1. The Labute approximate surface area is 199 Å². The average molecular weight is 499 g/mol. The number of amides is 1. The Hall–Kier alpha value is -1.61. The van der Waals surface area contributed by atoms with Crippen molar-refractivity contribution in [2.24, 2.45) is 29.1 Å². The Balaban J connectivity index is 1.14. The van der Waals surface area contributed by atoms with Gasteiger partial charge in [-0.3, -0.25) is 4.79 Å². The molecule has 1 amide bonds. The summed E-state index contributed by atoms with van der Waals surface area (Å²) in [5.74, 6) is 2.25. The molecule has 0 aromatic heterocycles. The van der Waals surface area contributed by atoms with E-state index in [1.165, 1.54) is 50.7 Å². The lowest BCUT2D eigenvalue weighted by atomic mass is 9.49. The van der Waals surface area contributed by atoms with Gasteiger partial charge in [-0.15, -0.1) is 0 Å². The summed E-state index contributed by atoms with van der Waals surface area (Å²) in [6, 6.07) is 4.27. The fraction of sp³-hybridized carbons (Fsp3) is 0.720. The standard InChI is InChI=1S/C25H33F3N2O3S/c26-25(27,28)21-3-1-2-4-22(21)34(32,33)30-9-5-20(6-10-30)23(31)29-8-7-24-14-17-11-18(15-24)13-19(12-17)16-24/h1-4,17-20H,5-16H2,(H,29,31). The van der Waals surface area contributed by atoms with Gasteiger partial charge in [-0.1, -0.05) is 12.1 Å². The van der Waals surface area contributed by atoms with Crippen molar-refractivity contribution in [1.82, 2.24) is 9.62 Å². The molecule has 1 N–H and O–H groups in total. The van der Waals surface area contributed by atoms with Crippen LogP contribution < -0.4 is 5.32 Å². The summed E-state index contributed by atoms with van der Waals surface area (Å²) in [5, 5.41) is 3.09. The predicted molar refractivity (Wildman–Crippen MR) is 121 cm³/mol. The van der Waals surface area contributed by atoms with Gasteiger partial charge >= 0.3 is 6.18 Å². The molecule has 5 aliphatic rings. The maximum Gasteiger partial charge on any atom is 0.417 e. The number of hydrogen-bond donors (Lipinski definition) is 1. The zero-order valence-electron chi connectivity index (χ0n) is 19.3. The maximum absolute atomic E-state index is 13.3. The molecule has 4 aliphatic carbocycles. The quantitative estimate of drug-likeness (QED) is 0.611. The smallest absolute Gasteiger partial charge is 0.356 e. The highest BCUT2D eigenvalue weighted by Crippen LogP contribution is 2.61. The SMILES string of the molecule is O=C(NCCC12CC3CC(CC(C3)C1)C2)C1CCN(S(=O)(=O)c2ccccc2C(F)(F)F)CC1. The first-order valence-electron chi connectivity index (χ1n) is 12.5. The van der Waals surface area contributed by atoms with Gasteiger partial charge < -0.3 is 5.32 Å². The minimum absolute atomic E-state index is 0.0432. The molecule has 0 radical (unpaired) electrons. The van der Waals surface area contributed by atoms with Crippen LogP contribution >= 0.6 is 0 Å². The lowest BCUT2D eigenvalue weighted by molar-refractivity contribution is -0.139. The summed E-state index contributed by atoms with van der Waals surface area (Å²) < 4.78 is 66.9. The Kier molecular flexibility index (Phi) is 6.24. The first-order chi connectivity index (χ1) is 16.1. The molecule has 5 fully saturated rings. The van der Waals surface area contributed by atoms with E-state index < -0.39 is 26.7 Å². The van der Waals surface area contributed by atoms with E-state index in [-0.39, 0.29) is 24.9 Å². The summed E-state index contributed by atoms with van der Waals surface area (Å²) in [6.07, 6.45) is 4.96. The molecule has 188 valence electrons. The van der Waals surface area contributed by atoms with Gasteiger partial charge in [-0.25, -0.2) is 8.42 Å². The van der Waals surface area contributed by atoms with Crippen LogP contribution in [-0.4, -0.2) is 38.3 Å². The van der Waals surface area contributed by atoms with E-state index in [1.807, 2.05) is 0 Å². The topological polar surface area (TPSA) is 66.5 Å². The van der Waals surface area contributed by atoms with Crippen molar-refractivity contribution >= 4 is 15.9 Å². The zero-order chi connectivity index (χ0) is 24.1. The average Bonchev–Trinajstić information content (AvgIpc) is 2.77. The van der Waals surface area contributed by atoms with Gasteiger partial charge in [0.25, 0.3) is 0 Å². The van der Waals surface area contributed by atoms with Gasteiger partial charge in [-0.2, -0.15) is 17.5 Å². The third kappa shape index (κ3) is 4.62. The number of hydrogen-bond acceptors (Lipinski definition) is 3. The molecule has 9 heteroatoms. The number of sulfonamides is 1. The molecule has 1 aromatic rings. The molecule has 4 saturated carbocycles. The molecule has 4 bridgehead atoms. The molecule has 1 aromatic carbocycles. The number of rotatable bonds is 6. The third-order valence-electron chi connectivity index (χ3n) is 8.75. The highest BCUT2D eigenvalue weighted by Gasteiger charge is 2.50. The minimum Gasteiger partial charge on any atom is -0.356 e. The van der Waals surface area contributed by atoms with Crippen molar-refractivity contribution in [1.29, 1.82) is 0 Å². The lowest BCUT2D eigenvalue weighted by Gasteiger charge is -2.57. The van der Waals surface area contributed by atoms with Crippen LogP contribution in [-0.2, 0) is 21.0 Å². The van der Waals surface area contributed by atoms with E-state index in [4.69, 9.17) is 0 Å². The predicted octanol–water partition coefficient (Wildman–Crippen LogP) is 4.83. The van der Waals surface area contributed by atoms with Crippen LogP contribution in [0.5, 0.6) is 0 Å². The highest BCUT2D eigenvalue weighted by molar-refractivity contribution is 7.89. The second kappa shape index (κ2) is 8.80. The van der Waals surface area contributed by atoms with Gasteiger partial charge in [0.1, 0.15) is 0 Å². The van der Waals surface area contributed by atoms with E-state index in [2.05, 4.69) is 5.32 Å². The van der Waals surface area contributed by atoms with Crippen LogP contribution in [0.1, 0.15) is 63.4 Å². The zero-order valence-corrected chi connectivity index (χ0v) is 20.1. The molecule has 0 atom stereocenters. The number of benzene rings is 1. The van der Waals surface area contributed by atoms with E-state index in [1.54, 1.807) is 0 Å². The highest BCUT2D eigenvalue weighted by atomic mass is 32.2. The number of carbonyl (C=O) groups is 1. The van der Waals surface area contributed by atoms with Crippen molar-refractivity contribution < 1.29 is 26.4 Å². The third-order valence-corrected chi connectivity index (χ3v) is 10.7. The summed E-state index contributed by atoms with van der Waals surface area (Å²) in [4.78, 5) is 12.0. The molecule has 0 unspecified atom stereocenters. The molecule has 1 saturated heterocycles. The van der Waals surface area contributed by atoms with Crippen LogP contribution in [0.2, 0.25) is 0 Å². The van der Waals surface area contributed by atoms with Crippen LogP contribution in [0.25, 0.3) is 0 Å². The monoisotopic (exact) mass is 498 g/mol. The fourth-order valence-corrected chi connectivity index (χ4v) is 9.30. The molecule has 1 aliphatic heterocycles. The Morgan fingerprint density at radius 3 is 2.12 bits per heavy atom. The number of alkyl halides is 3. The summed E-state index contributed by atoms with van der Waals surface area (Å²) in [5.41, 5.74) is -0.759. The van der Waals surface area contributed by atoms with E-state index in [9.17, 15) is 26.4 Å². The first kappa shape index (κ1) is 24.1. The van der Waals surface area contributed by atoms with Crippen LogP contribution in [0.15, 0.2) is 29.2 Å². The molecular weight excluding hydrogens is 465 g/mol. The molecule has 0 spiro atoms.